The van der Waals surface area contributed by atoms with Crippen LogP contribution in [0.1, 0.15) is 6.42 Å². The molecule has 0 spiro atoms. The van der Waals surface area contributed by atoms with Crippen LogP contribution in [0, 0.1) is 0 Å². The lowest BCUT2D eigenvalue weighted by Crippen LogP contribution is -2.36. The first-order valence-electron chi connectivity index (χ1n) is 6.99. The van der Waals surface area contributed by atoms with Crippen molar-refractivity contribution in [1.29, 1.82) is 0 Å². The highest BCUT2D eigenvalue weighted by atomic mass is 19.4. The van der Waals surface area contributed by atoms with E-state index in [-0.39, 0.29) is 18.3 Å². The molecular weight excluding hydrogens is 313 g/mol. The fourth-order valence-corrected chi connectivity index (χ4v) is 2.38. The first-order valence-corrected chi connectivity index (χ1v) is 6.99. The SMILES string of the molecule is CN1CCC(O)(CN=C(N)Nc2cccc(OC(F)(F)F)c2)C1. The van der Waals surface area contributed by atoms with Gasteiger partial charge in [0.15, 0.2) is 5.96 Å². The van der Waals surface area contributed by atoms with E-state index in [0.29, 0.717) is 18.7 Å². The number of rotatable bonds is 4. The van der Waals surface area contributed by atoms with Gasteiger partial charge in [-0.05, 0) is 25.6 Å². The van der Waals surface area contributed by atoms with E-state index in [0.717, 1.165) is 12.6 Å². The minimum Gasteiger partial charge on any atom is -0.406 e. The summed E-state index contributed by atoms with van der Waals surface area (Å²) in [5.41, 5.74) is 5.09. The summed E-state index contributed by atoms with van der Waals surface area (Å²) in [4.78, 5) is 6.04. The zero-order valence-electron chi connectivity index (χ0n) is 12.6. The highest BCUT2D eigenvalue weighted by Gasteiger charge is 2.34. The van der Waals surface area contributed by atoms with Crippen molar-refractivity contribution in [3.63, 3.8) is 0 Å². The maximum atomic E-state index is 12.2. The minimum absolute atomic E-state index is 0.0112. The van der Waals surface area contributed by atoms with E-state index in [2.05, 4.69) is 15.0 Å². The summed E-state index contributed by atoms with van der Waals surface area (Å²) < 4.78 is 40.4. The van der Waals surface area contributed by atoms with Gasteiger partial charge in [0.1, 0.15) is 5.75 Å². The van der Waals surface area contributed by atoms with Gasteiger partial charge in [-0.15, -0.1) is 13.2 Å². The van der Waals surface area contributed by atoms with E-state index in [9.17, 15) is 18.3 Å². The van der Waals surface area contributed by atoms with E-state index < -0.39 is 12.0 Å². The number of hydrogen-bond donors (Lipinski definition) is 3. The number of nitrogens with one attached hydrogen (secondary N) is 1. The molecule has 1 aliphatic rings. The molecule has 2 rings (SSSR count). The molecule has 0 bridgehead atoms. The second-order valence-corrected chi connectivity index (χ2v) is 5.61. The summed E-state index contributed by atoms with van der Waals surface area (Å²) in [7, 11) is 1.90. The van der Waals surface area contributed by atoms with Crippen LogP contribution >= 0.6 is 0 Å². The maximum Gasteiger partial charge on any atom is 0.573 e. The summed E-state index contributed by atoms with van der Waals surface area (Å²) in [6.45, 7) is 1.39. The van der Waals surface area contributed by atoms with Crippen LogP contribution in [-0.4, -0.2) is 54.6 Å². The molecule has 1 aromatic carbocycles. The number of aliphatic imine (C=N–C) groups is 1. The number of benzene rings is 1. The Morgan fingerprint density at radius 3 is 2.87 bits per heavy atom. The Morgan fingerprint density at radius 2 is 2.26 bits per heavy atom. The Bertz CT molecular complexity index is 579. The molecule has 0 saturated carbocycles. The molecule has 0 radical (unpaired) electrons. The van der Waals surface area contributed by atoms with Crippen molar-refractivity contribution in [3.05, 3.63) is 24.3 Å². The van der Waals surface area contributed by atoms with Crippen molar-refractivity contribution in [3.8, 4) is 5.75 Å². The predicted molar refractivity (Wildman–Crippen MR) is 80.3 cm³/mol. The zero-order chi connectivity index (χ0) is 17.1. The summed E-state index contributed by atoms with van der Waals surface area (Å²) in [5.74, 6) is -0.344. The normalized spacial score (nSPS) is 23.1. The van der Waals surface area contributed by atoms with Crippen LogP contribution in [-0.2, 0) is 0 Å². The number of aliphatic hydroxyl groups is 1. The summed E-state index contributed by atoms with van der Waals surface area (Å²) in [5, 5.41) is 12.9. The fraction of sp³-hybridized carbons (Fsp3) is 0.500. The molecule has 1 aromatic rings. The molecule has 1 saturated heterocycles. The monoisotopic (exact) mass is 332 g/mol. The molecule has 0 aliphatic carbocycles. The lowest BCUT2D eigenvalue weighted by Gasteiger charge is -2.20. The van der Waals surface area contributed by atoms with Crippen molar-refractivity contribution in [2.75, 3.05) is 32.0 Å². The van der Waals surface area contributed by atoms with E-state index in [1.54, 1.807) is 0 Å². The predicted octanol–water partition coefficient (Wildman–Crippen LogP) is 1.38. The molecule has 0 amide bonds. The molecule has 1 unspecified atom stereocenters. The molecule has 4 N–H and O–H groups in total. The fourth-order valence-electron chi connectivity index (χ4n) is 2.38. The quantitative estimate of drug-likeness (QED) is 0.573. The number of halogens is 3. The van der Waals surface area contributed by atoms with Crippen LogP contribution in [0.4, 0.5) is 18.9 Å². The number of alkyl halides is 3. The number of β-amino-alcohol motifs (C(OH)–C–C–N with tert-alkyl or cyclic N) is 1. The van der Waals surface area contributed by atoms with Crippen molar-refractivity contribution in [1.82, 2.24) is 4.90 Å². The Morgan fingerprint density at radius 1 is 1.52 bits per heavy atom. The number of likely N-dealkylation sites (N-methyl/N-ethyl adjacent to an activating group) is 1. The Kier molecular flexibility index (Phi) is 5.00. The minimum atomic E-state index is -4.75. The number of guanidine groups is 1. The second-order valence-electron chi connectivity index (χ2n) is 5.61. The van der Waals surface area contributed by atoms with E-state index >= 15 is 0 Å². The van der Waals surface area contributed by atoms with E-state index in [1.165, 1.54) is 18.2 Å². The number of likely N-dealkylation sites (tertiary alicyclic amines) is 1. The van der Waals surface area contributed by atoms with Crippen molar-refractivity contribution < 1.29 is 23.0 Å². The first-order chi connectivity index (χ1) is 10.7. The molecule has 0 aromatic heterocycles. The molecule has 1 aliphatic heterocycles. The summed E-state index contributed by atoms with van der Waals surface area (Å²) >= 11 is 0. The van der Waals surface area contributed by atoms with Crippen LogP contribution in [0.2, 0.25) is 0 Å². The van der Waals surface area contributed by atoms with Crippen LogP contribution in [0.3, 0.4) is 0 Å². The highest BCUT2D eigenvalue weighted by Crippen LogP contribution is 2.25. The molecule has 1 fully saturated rings. The molecule has 128 valence electrons. The number of anilines is 1. The Hall–Kier alpha value is -2.00. The molecule has 1 heterocycles. The van der Waals surface area contributed by atoms with Crippen molar-refractivity contribution >= 4 is 11.6 Å². The van der Waals surface area contributed by atoms with E-state index in [1.807, 2.05) is 11.9 Å². The van der Waals surface area contributed by atoms with Gasteiger partial charge in [-0.3, -0.25) is 4.99 Å². The van der Waals surface area contributed by atoms with Gasteiger partial charge in [0, 0.05) is 24.8 Å². The molecule has 9 heteroatoms. The van der Waals surface area contributed by atoms with Gasteiger partial charge in [0.2, 0.25) is 0 Å². The summed E-state index contributed by atoms with van der Waals surface area (Å²) in [6.07, 6.45) is -4.16. The van der Waals surface area contributed by atoms with E-state index in [4.69, 9.17) is 5.73 Å². The van der Waals surface area contributed by atoms with Crippen LogP contribution in [0.15, 0.2) is 29.3 Å². The molecule has 6 nitrogen and oxygen atoms in total. The molecular formula is C14H19F3N4O2. The third kappa shape index (κ3) is 5.61. The number of hydrogen-bond acceptors (Lipinski definition) is 4. The second kappa shape index (κ2) is 6.63. The summed E-state index contributed by atoms with van der Waals surface area (Å²) in [6, 6.07) is 5.27. The van der Waals surface area contributed by atoms with Crippen LogP contribution in [0.25, 0.3) is 0 Å². The molecule has 23 heavy (non-hydrogen) atoms. The molecule has 1 atom stereocenters. The van der Waals surface area contributed by atoms with Gasteiger partial charge in [-0.25, -0.2) is 0 Å². The van der Waals surface area contributed by atoms with Gasteiger partial charge < -0.3 is 25.8 Å². The largest absolute Gasteiger partial charge is 0.573 e. The maximum absolute atomic E-state index is 12.2. The van der Waals surface area contributed by atoms with Gasteiger partial charge in [-0.2, -0.15) is 0 Å². The van der Waals surface area contributed by atoms with Gasteiger partial charge in [-0.1, -0.05) is 6.07 Å². The first kappa shape index (κ1) is 17.4. The topological polar surface area (TPSA) is 83.1 Å². The smallest absolute Gasteiger partial charge is 0.406 e. The number of nitrogens with two attached hydrogens (primary N) is 1. The van der Waals surface area contributed by atoms with Crippen LogP contribution < -0.4 is 15.8 Å². The Labute approximate surface area is 131 Å². The number of ether oxygens (including phenoxy) is 1. The Balaban J connectivity index is 1.96. The number of nitrogens with zero attached hydrogens (tertiary/aromatic N) is 2. The third-order valence-electron chi connectivity index (χ3n) is 3.41. The van der Waals surface area contributed by atoms with Crippen molar-refractivity contribution in [2.45, 2.75) is 18.4 Å². The average Bonchev–Trinajstić information content (AvgIpc) is 2.75. The lowest BCUT2D eigenvalue weighted by atomic mass is 10.0. The zero-order valence-corrected chi connectivity index (χ0v) is 12.6. The standard InChI is InChI=1S/C14H19F3N4O2/c1-21-6-5-13(22,9-21)8-19-12(18)20-10-3-2-4-11(7-10)23-14(15,16)17/h2-4,7,22H,5-6,8-9H2,1H3,(H3,18,19,20). The third-order valence-corrected chi connectivity index (χ3v) is 3.41. The van der Waals surface area contributed by atoms with Gasteiger partial charge in [0.25, 0.3) is 0 Å². The lowest BCUT2D eigenvalue weighted by molar-refractivity contribution is -0.274. The van der Waals surface area contributed by atoms with Gasteiger partial charge >= 0.3 is 6.36 Å². The van der Waals surface area contributed by atoms with Crippen LogP contribution in [0.5, 0.6) is 5.75 Å². The van der Waals surface area contributed by atoms with Crippen molar-refractivity contribution in [2.24, 2.45) is 10.7 Å². The van der Waals surface area contributed by atoms with Gasteiger partial charge in [0.05, 0.1) is 12.1 Å². The average molecular weight is 332 g/mol. The highest BCUT2D eigenvalue weighted by molar-refractivity contribution is 5.92.